The van der Waals surface area contributed by atoms with Crippen molar-refractivity contribution in [2.45, 2.75) is 20.1 Å². The minimum absolute atomic E-state index is 0.398. The second kappa shape index (κ2) is 8.00. The van der Waals surface area contributed by atoms with E-state index in [2.05, 4.69) is 17.9 Å². The lowest BCUT2D eigenvalue weighted by Gasteiger charge is -2.01. The first-order valence-electron chi connectivity index (χ1n) is 3.77. The van der Waals surface area contributed by atoms with Gasteiger partial charge in [0.2, 0.25) is 5.91 Å². The summed E-state index contributed by atoms with van der Waals surface area (Å²) in [4.78, 5) is 19.9. The van der Waals surface area contributed by atoms with Gasteiger partial charge in [-0.15, -0.1) is 0 Å². The molecule has 0 rings (SSSR count). The highest BCUT2D eigenvalue weighted by Crippen LogP contribution is 1.84. The highest BCUT2D eigenvalue weighted by molar-refractivity contribution is 5.90. The molecule has 0 aliphatic carbocycles. The molecule has 0 aromatic heterocycles. The third-order valence-corrected chi connectivity index (χ3v) is 0.874. The molecule has 0 aliphatic heterocycles. The van der Waals surface area contributed by atoms with E-state index in [-0.39, 0.29) is 0 Å². The maximum absolute atomic E-state index is 10.1. The molecule has 0 heterocycles. The minimum atomic E-state index is -1.04. The molecule has 0 aromatic carbocycles. The number of carbonyl (C=O) groups is 2. The Bertz CT molecular complexity index is 221. The quantitative estimate of drug-likeness (QED) is 0.385. The van der Waals surface area contributed by atoms with Gasteiger partial charge in [-0.2, -0.15) is 0 Å². The van der Waals surface area contributed by atoms with Crippen LogP contribution in [0.5, 0.6) is 0 Å². The molecular weight excluding hydrogens is 186 g/mol. The van der Waals surface area contributed by atoms with Gasteiger partial charge in [-0.25, -0.2) is 4.79 Å². The van der Waals surface area contributed by atoms with Crippen molar-refractivity contribution < 1.29 is 19.4 Å². The average molecular weight is 201 g/mol. The summed E-state index contributed by atoms with van der Waals surface area (Å²) in [5.74, 6) is -1.05. The van der Waals surface area contributed by atoms with Crippen LogP contribution in [-0.4, -0.2) is 23.3 Å². The Balaban J connectivity index is 0. The molecule has 0 aromatic rings. The number of primary amides is 1. The highest BCUT2D eigenvalue weighted by atomic mass is 16.6. The standard InChI is InChI=1S/C5H8O3.C4H7NO/c1-3-5(7)8-4(2)6;1-3(2)4(5)6/h3-4,6H,1H2,2H3;1H2,2H3,(H2,5,6). The van der Waals surface area contributed by atoms with E-state index in [4.69, 9.17) is 10.8 Å². The van der Waals surface area contributed by atoms with Crippen LogP contribution in [0.2, 0.25) is 0 Å². The normalized spacial score (nSPS) is 10.2. The smallest absolute Gasteiger partial charge is 0.332 e. The number of aliphatic hydroxyl groups excluding tert-OH is 1. The van der Waals surface area contributed by atoms with Crippen molar-refractivity contribution in [3.63, 3.8) is 0 Å². The van der Waals surface area contributed by atoms with Crippen molar-refractivity contribution in [1.29, 1.82) is 0 Å². The largest absolute Gasteiger partial charge is 0.433 e. The van der Waals surface area contributed by atoms with Crippen LogP contribution < -0.4 is 5.73 Å². The number of aliphatic hydroxyl groups is 1. The van der Waals surface area contributed by atoms with Crippen LogP contribution in [0.3, 0.4) is 0 Å². The Kier molecular flexibility index (Phi) is 8.50. The summed E-state index contributed by atoms with van der Waals surface area (Å²) in [6.45, 7) is 9.33. The van der Waals surface area contributed by atoms with E-state index in [9.17, 15) is 9.59 Å². The van der Waals surface area contributed by atoms with Crippen molar-refractivity contribution in [2.75, 3.05) is 0 Å². The van der Waals surface area contributed by atoms with Gasteiger partial charge >= 0.3 is 5.97 Å². The summed E-state index contributed by atoms with van der Waals surface area (Å²) < 4.78 is 4.20. The topological polar surface area (TPSA) is 89.6 Å². The second-order valence-electron chi connectivity index (χ2n) is 2.38. The van der Waals surface area contributed by atoms with Crippen molar-refractivity contribution >= 4 is 11.9 Å². The first-order chi connectivity index (χ1) is 6.31. The summed E-state index contributed by atoms with van der Waals surface area (Å²) in [7, 11) is 0. The summed E-state index contributed by atoms with van der Waals surface area (Å²) in [5, 5.41) is 8.36. The molecular formula is C9H15NO4. The lowest BCUT2D eigenvalue weighted by atomic mass is 10.3. The van der Waals surface area contributed by atoms with Crippen molar-refractivity contribution in [2.24, 2.45) is 5.73 Å². The molecule has 5 heteroatoms. The first kappa shape index (κ1) is 14.9. The Morgan fingerprint density at radius 2 is 1.93 bits per heavy atom. The van der Waals surface area contributed by atoms with Crippen LogP contribution in [-0.2, 0) is 14.3 Å². The molecule has 0 spiro atoms. The Morgan fingerprint density at radius 1 is 1.57 bits per heavy atom. The zero-order valence-corrected chi connectivity index (χ0v) is 8.32. The maximum atomic E-state index is 10.1. The third-order valence-electron chi connectivity index (χ3n) is 0.874. The molecule has 0 fully saturated rings. The fraction of sp³-hybridized carbons (Fsp3) is 0.333. The van der Waals surface area contributed by atoms with Gasteiger partial charge in [-0.05, 0) is 13.8 Å². The predicted molar refractivity (Wildman–Crippen MR) is 52.0 cm³/mol. The van der Waals surface area contributed by atoms with E-state index >= 15 is 0 Å². The number of ether oxygens (including phenoxy) is 1. The van der Waals surface area contributed by atoms with Gasteiger partial charge in [0.15, 0.2) is 6.29 Å². The number of carbonyl (C=O) groups excluding carboxylic acids is 2. The number of amides is 1. The molecule has 1 amide bonds. The summed E-state index contributed by atoms with van der Waals surface area (Å²) >= 11 is 0. The Morgan fingerprint density at radius 3 is 2.00 bits per heavy atom. The number of hydrogen-bond donors (Lipinski definition) is 2. The van der Waals surface area contributed by atoms with Gasteiger partial charge < -0.3 is 15.6 Å². The van der Waals surface area contributed by atoms with Crippen LogP contribution in [0.15, 0.2) is 24.8 Å². The molecule has 5 nitrogen and oxygen atoms in total. The molecule has 1 unspecified atom stereocenters. The van der Waals surface area contributed by atoms with Crippen LogP contribution in [0.25, 0.3) is 0 Å². The van der Waals surface area contributed by atoms with Crippen LogP contribution >= 0.6 is 0 Å². The summed E-state index contributed by atoms with van der Waals surface area (Å²) in [6.07, 6.45) is -0.0484. The molecule has 0 bridgehead atoms. The SMILES string of the molecule is C=C(C)C(N)=O.C=CC(=O)OC(C)O. The zero-order valence-electron chi connectivity index (χ0n) is 8.32. The van der Waals surface area contributed by atoms with Crippen LogP contribution in [0, 0.1) is 0 Å². The summed E-state index contributed by atoms with van der Waals surface area (Å²) in [5.41, 5.74) is 5.09. The average Bonchev–Trinajstić information content (AvgIpc) is 2.04. The maximum Gasteiger partial charge on any atom is 0.332 e. The van der Waals surface area contributed by atoms with E-state index in [1.807, 2.05) is 0 Å². The molecule has 14 heavy (non-hydrogen) atoms. The molecule has 0 saturated heterocycles. The molecule has 80 valence electrons. The minimum Gasteiger partial charge on any atom is -0.433 e. The van der Waals surface area contributed by atoms with Crippen molar-refractivity contribution in [1.82, 2.24) is 0 Å². The van der Waals surface area contributed by atoms with E-state index in [0.717, 1.165) is 6.08 Å². The summed E-state index contributed by atoms with van der Waals surface area (Å²) in [6, 6.07) is 0. The van der Waals surface area contributed by atoms with Gasteiger partial charge in [0.05, 0.1) is 0 Å². The number of hydrogen-bond acceptors (Lipinski definition) is 4. The van der Waals surface area contributed by atoms with E-state index in [1.54, 1.807) is 6.92 Å². The predicted octanol–water partition coefficient (Wildman–Crippen LogP) is 0.102. The van der Waals surface area contributed by atoms with Crippen LogP contribution in [0.1, 0.15) is 13.8 Å². The van der Waals surface area contributed by atoms with Crippen molar-refractivity contribution in [3.05, 3.63) is 24.8 Å². The lowest BCUT2D eigenvalue weighted by molar-refractivity contribution is -0.158. The Hall–Kier alpha value is -1.62. The van der Waals surface area contributed by atoms with E-state index < -0.39 is 18.2 Å². The fourth-order valence-electron chi connectivity index (χ4n) is 0.216. The zero-order chi connectivity index (χ0) is 11.7. The van der Waals surface area contributed by atoms with Gasteiger partial charge in [0.25, 0.3) is 0 Å². The molecule has 3 N–H and O–H groups in total. The van der Waals surface area contributed by atoms with Gasteiger partial charge in [-0.1, -0.05) is 13.2 Å². The van der Waals surface area contributed by atoms with Crippen molar-refractivity contribution in [3.8, 4) is 0 Å². The first-order valence-corrected chi connectivity index (χ1v) is 3.77. The number of nitrogens with two attached hydrogens (primary N) is 1. The number of esters is 1. The second-order valence-corrected chi connectivity index (χ2v) is 2.38. The lowest BCUT2D eigenvalue weighted by Crippen LogP contribution is -2.10. The van der Waals surface area contributed by atoms with Crippen LogP contribution in [0.4, 0.5) is 0 Å². The Labute approximate surface area is 82.9 Å². The fourth-order valence-corrected chi connectivity index (χ4v) is 0.216. The van der Waals surface area contributed by atoms with Gasteiger partial charge in [0, 0.05) is 11.6 Å². The molecule has 0 aliphatic rings. The monoisotopic (exact) mass is 201 g/mol. The van der Waals surface area contributed by atoms with Gasteiger partial charge in [0.1, 0.15) is 0 Å². The molecule has 0 radical (unpaired) electrons. The highest BCUT2D eigenvalue weighted by Gasteiger charge is 1.97. The number of rotatable bonds is 3. The van der Waals surface area contributed by atoms with E-state index in [1.165, 1.54) is 6.92 Å². The van der Waals surface area contributed by atoms with E-state index in [0.29, 0.717) is 5.57 Å². The third kappa shape index (κ3) is 13.0. The van der Waals surface area contributed by atoms with Gasteiger partial charge in [-0.3, -0.25) is 4.79 Å². The molecule has 0 saturated carbocycles. The molecule has 1 atom stereocenters.